The highest BCUT2D eigenvalue weighted by Gasteiger charge is 2.16. The standard InChI is InChI=1S/C15H21NO3/c1-2-18-13-7-5-12(6-8-13)10-15(17)16-11-14-4-3-9-19-14/h5-8,14H,2-4,9-11H2,1H3,(H,16,17). The summed E-state index contributed by atoms with van der Waals surface area (Å²) < 4.78 is 10.8. The van der Waals surface area contributed by atoms with Gasteiger partial charge in [0.15, 0.2) is 0 Å². The van der Waals surface area contributed by atoms with Gasteiger partial charge in [-0.1, -0.05) is 12.1 Å². The lowest BCUT2D eigenvalue weighted by Gasteiger charge is -2.11. The highest BCUT2D eigenvalue weighted by molar-refractivity contribution is 5.78. The zero-order chi connectivity index (χ0) is 13.5. The van der Waals surface area contributed by atoms with E-state index in [1.807, 2.05) is 31.2 Å². The summed E-state index contributed by atoms with van der Waals surface area (Å²) in [6.45, 7) is 4.04. The molecule has 4 heteroatoms. The van der Waals surface area contributed by atoms with E-state index in [1.165, 1.54) is 0 Å². The Kier molecular flexibility index (Phi) is 5.21. The highest BCUT2D eigenvalue weighted by Crippen LogP contribution is 2.13. The number of nitrogens with one attached hydrogen (secondary N) is 1. The number of hydrogen-bond donors (Lipinski definition) is 1. The predicted octanol–water partition coefficient (Wildman–Crippen LogP) is 1.92. The molecular formula is C15H21NO3. The number of benzene rings is 1. The lowest BCUT2D eigenvalue weighted by atomic mass is 10.1. The minimum Gasteiger partial charge on any atom is -0.494 e. The molecule has 1 fully saturated rings. The Morgan fingerprint density at radius 1 is 1.42 bits per heavy atom. The van der Waals surface area contributed by atoms with Gasteiger partial charge in [0, 0.05) is 13.2 Å². The molecule has 1 atom stereocenters. The van der Waals surface area contributed by atoms with Gasteiger partial charge in [-0.05, 0) is 37.5 Å². The monoisotopic (exact) mass is 263 g/mol. The van der Waals surface area contributed by atoms with E-state index in [0.29, 0.717) is 19.6 Å². The van der Waals surface area contributed by atoms with Crippen molar-refractivity contribution in [3.8, 4) is 5.75 Å². The van der Waals surface area contributed by atoms with Gasteiger partial charge >= 0.3 is 0 Å². The first kappa shape index (κ1) is 13.9. The molecular weight excluding hydrogens is 242 g/mol. The second kappa shape index (κ2) is 7.14. The summed E-state index contributed by atoms with van der Waals surface area (Å²) in [6.07, 6.45) is 2.74. The maximum Gasteiger partial charge on any atom is 0.224 e. The van der Waals surface area contributed by atoms with Crippen molar-refractivity contribution >= 4 is 5.91 Å². The molecule has 1 saturated heterocycles. The van der Waals surface area contributed by atoms with E-state index in [1.54, 1.807) is 0 Å². The molecule has 0 aliphatic carbocycles. The number of carbonyl (C=O) groups excluding carboxylic acids is 1. The minimum atomic E-state index is 0.0414. The number of amides is 1. The van der Waals surface area contributed by atoms with Crippen molar-refractivity contribution in [2.45, 2.75) is 32.3 Å². The average molecular weight is 263 g/mol. The van der Waals surface area contributed by atoms with Crippen molar-refractivity contribution in [1.82, 2.24) is 5.32 Å². The van der Waals surface area contributed by atoms with E-state index >= 15 is 0 Å². The molecule has 1 aliphatic heterocycles. The fraction of sp³-hybridized carbons (Fsp3) is 0.533. The summed E-state index contributed by atoms with van der Waals surface area (Å²) in [5.74, 6) is 0.880. The first-order valence-corrected chi connectivity index (χ1v) is 6.88. The fourth-order valence-corrected chi connectivity index (χ4v) is 2.15. The van der Waals surface area contributed by atoms with Crippen molar-refractivity contribution in [1.29, 1.82) is 0 Å². The van der Waals surface area contributed by atoms with Crippen LogP contribution in [0.1, 0.15) is 25.3 Å². The largest absolute Gasteiger partial charge is 0.494 e. The fourth-order valence-electron chi connectivity index (χ4n) is 2.15. The molecule has 2 rings (SSSR count). The van der Waals surface area contributed by atoms with Gasteiger partial charge in [0.2, 0.25) is 5.91 Å². The lowest BCUT2D eigenvalue weighted by molar-refractivity contribution is -0.120. The maximum absolute atomic E-state index is 11.8. The molecule has 1 heterocycles. The first-order chi connectivity index (χ1) is 9.28. The quantitative estimate of drug-likeness (QED) is 0.853. The van der Waals surface area contributed by atoms with Crippen molar-refractivity contribution in [2.75, 3.05) is 19.8 Å². The van der Waals surface area contributed by atoms with Crippen LogP contribution in [0.15, 0.2) is 24.3 Å². The smallest absolute Gasteiger partial charge is 0.224 e. The van der Waals surface area contributed by atoms with Crippen LogP contribution in [0.5, 0.6) is 5.75 Å². The Bertz CT molecular complexity index is 396. The number of hydrogen-bond acceptors (Lipinski definition) is 3. The average Bonchev–Trinajstić information content (AvgIpc) is 2.92. The van der Waals surface area contributed by atoms with Gasteiger partial charge < -0.3 is 14.8 Å². The maximum atomic E-state index is 11.8. The van der Waals surface area contributed by atoms with E-state index in [2.05, 4.69) is 5.32 Å². The predicted molar refractivity (Wildman–Crippen MR) is 73.3 cm³/mol. The Hall–Kier alpha value is -1.55. The second-order valence-electron chi connectivity index (χ2n) is 4.69. The molecule has 4 nitrogen and oxygen atoms in total. The number of ether oxygens (including phenoxy) is 2. The summed E-state index contributed by atoms with van der Waals surface area (Å²) in [5.41, 5.74) is 0.994. The van der Waals surface area contributed by atoms with Gasteiger partial charge in [-0.3, -0.25) is 4.79 Å². The van der Waals surface area contributed by atoms with Crippen LogP contribution < -0.4 is 10.1 Å². The Balaban J connectivity index is 1.74. The van der Waals surface area contributed by atoms with Crippen LogP contribution in [0.4, 0.5) is 0 Å². The Morgan fingerprint density at radius 2 is 2.21 bits per heavy atom. The third-order valence-electron chi connectivity index (χ3n) is 3.15. The van der Waals surface area contributed by atoms with E-state index in [4.69, 9.17) is 9.47 Å². The molecule has 0 bridgehead atoms. The van der Waals surface area contributed by atoms with Crippen LogP contribution in [-0.2, 0) is 16.0 Å². The van der Waals surface area contributed by atoms with Gasteiger partial charge in [-0.15, -0.1) is 0 Å². The summed E-state index contributed by atoms with van der Waals surface area (Å²) >= 11 is 0. The molecule has 1 aromatic carbocycles. The Morgan fingerprint density at radius 3 is 2.84 bits per heavy atom. The van der Waals surface area contributed by atoms with E-state index in [0.717, 1.165) is 30.8 Å². The van der Waals surface area contributed by atoms with Crippen LogP contribution in [0, 0.1) is 0 Å². The molecule has 1 aromatic rings. The van der Waals surface area contributed by atoms with Crippen LogP contribution in [0.3, 0.4) is 0 Å². The SMILES string of the molecule is CCOc1ccc(CC(=O)NCC2CCCO2)cc1. The van der Waals surface area contributed by atoms with E-state index < -0.39 is 0 Å². The van der Waals surface area contributed by atoms with Crippen LogP contribution in [0.2, 0.25) is 0 Å². The molecule has 0 spiro atoms. The van der Waals surface area contributed by atoms with Gasteiger partial charge in [0.1, 0.15) is 5.75 Å². The summed E-state index contributed by atoms with van der Waals surface area (Å²) in [5, 5.41) is 2.92. The van der Waals surface area contributed by atoms with E-state index in [-0.39, 0.29) is 12.0 Å². The highest BCUT2D eigenvalue weighted by atomic mass is 16.5. The van der Waals surface area contributed by atoms with Gasteiger partial charge in [0.05, 0.1) is 19.1 Å². The second-order valence-corrected chi connectivity index (χ2v) is 4.69. The van der Waals surface area contributed by atoms with Crippen LogP contribution in [0.25, 0.3) is 0 Å². The van der Waals surface area contributed by atoms with Gasteiger partial charge in [0.25, 0.3) is 0 Å². The Labute approximate surface area is 114 Å². The molecule has 1 unspecified atom stereocenters. The molecule has 104 valence electrons. The zero-order valence-electron chi connectivity index (χ0n) is 11.4. The molecule has 0 radical (unpaired) electrons. The van der Waals surface area contributed by atoms with Crippen molar-refractivity contribution in [2.24, 2.45) is 0 Å². The van der Waals surface area contributed by atoms with Gasteiger partial charge in [-0.25, -0.2) is 0 Å². The third kappa shape index (κ3) is 4.56. The van der Waals surface area contributed by atoms with Crippen LogP contribution in [-0.4, -0.2) is 31.8 Å². The molecule has 1 aliphatic rings. The third-order valence-corrected chi connectivity index (χ3v) is 3.15. The first-order valence-electron chi connectivity index (χ1n) is 6.88. The summed E-state index contributed by atoms with van der Waals surface area (Å²) in [7, 11) is 0. The summed E-state index contributed by atoms with van der Waals surface area (Å²) in [6, 6.07) is 7.64. The van der Waals surface area contributed by atoms with Crippen molar-refractivity contribution in [3.63, 3.8) is 0 Å². The van der Waals surface area contributed by atoms with Crippen LogP contribution >= 0.6 is 0 Å². The zero-order valence-corrected chi connectivity index (χ0v) is 11.4. The topological polar surface area (TPSA) is 47.6 Å². The molecule has 0 saturated carbocycles. The lowest BCUT2D eigenvalue weighted by Crippen LogP contribution is -2.32. The van der Waals surface area contributed by atoms with Gasteiger partial charge in [-0.2, -0.15) is 0 Å². The molecule has 19 heavy (non-hydrogen) atoms. The van der Waals surface area contributed by atoms with Crippen molar-refractivity contribution < 1.29 is 14.3 Å². The molecule has 1 amide bonds. The minimum absolute atomic E-state index is 0.0414. The van der Waals surface area contributed by atoms with Crippen molar-refractivity contribution in [3.05, 3.63) is 29.8 Å². The normalized spacial score (nSPS) is 18.3. The summed E-state index contributed by atoms with van der Waals surface area (Å²) in [4.78, 5) is 11.8. The molecule has 1 N–H and O–H groups in total. The number of carbonyl (C=O) groups is 1. The molecule has 0 aromatic heterocycles. The van der Waals surface area contributed by atoms with E-state index in [9.17, 15) is 4.79 Å². The number of rotatable bonds is 6.